The van der Waals surface area contributed by atoms with Crippen LogP contribution in [0.5, 0.6) is 0 Å². The van der Waals surface area contributed by atoms with Crippen LogP contribution in [0, 0.1) is 6.92 Å². The third kappa shape index (κ3) is 11.3. The molecular weight excluding hydrogens is 402 g/mol. The molecule has 1 amide bonds. The Balaban J connectivity index is 0.000000628. The topological polar surface area (TPSA) is 173 Å². The van der Waals surface area contributed by atoms with Crippen LogP contribution in [0.25, 0.3) is 0 Å². The van der Waals surface area contributed by atoms with E-state index in [1.54, 1.807) is 24.3 Å². The quantitative estimate of drug-likeness (QED) is 0.250. The summed E-state index contributed by atoms with van der Waals surface area (Å²) in [4.78, 5) is 22.1. The van der Waals surface area contributed by atoms with Crippen LogP contribution in [0.15, 0.2) is 48.5 Å². The molecule has 0 aliphatic carbocycles. The van der Waals surface area contributed by atoms with Crippen LogP contribution in [0.2, 0.25) is 0 Å². The third-order valence-electron chi connectivity index (χ3n) is 3.91. The van der Waals surface area contributed by atoms with E-state index >= 15 is 0 Å². The summed E-state index contributed by atoms with van der Waals surface area (Å²) in [5, 5.41) is 46.5. The Labute approximate surface area is 182 Å². The fourth-order valence-corrected chi connectivity index (χ4v) is 2.25. The highest BCUT2D eigenvalue weighted by Crippen LogP contribution is 2.03. The molecule has 0 bridgehead atoms. The number of carbonyl (C=O) groups is 2. The molecule has 0 aliphatic heterocycles. The number of benzene rings is 2. The molecular formula is C20H30B2N2O7. The zero-order valence-corrected chi connectivity index (χ0v) is 17.9. The van der Waals surface area contributed by atoms with Gasteiger partial charge >= 0.3 is 20.2 Å². The zero-order chi connectivity index (χ0) is 24.0. The molecule has 168 valence electrons. The van der Waals surface area contributed by atoms with Crippen LogP contribution in [0.4, 0.5) is 0 Å². The number of rotatable bonds is 7. The summed E-state index contributed by atoms with van der Waals surface area (Å²) in [6, 6.07) is 12.1. The lowest BCUT2D eigenvalue weighted by molar-refractivity contribution is -0.141. The number of hydrogen-bond acceptors (Lipinski definition) is 7. The van der Waals surface area contributed by atoms with Gasteiger partial charge in [-0.25, -0.2) is 4.79 Å². The third-order valence-corrected chi connectivity index (χ3v) is 3.91. The molecule has 11 heteroatoms. The lowest BCUT2D eigenvalue weighted by Gasteiger charge is -2.14. The van der Waals surface area contributed by atoms with Gasteiger partial charge < -0.3 is 36.3 Å². The normalized spacial score (nSPS) is 10.5. The van der Waals surface area contributed by atoms with Gasteiger partial charge in [-0.3, -0.25) is 4.79 Å². The summed E-state index contributed by atoms with van der Waals surface area (Å²) in [5.41, 5.74) is 7.71. The number of aliphatic carboxylic acids is 1. The van der Waals surface area contributed by atoms with Gasteiger partial charge in [-0.2, -0.15) is 0 Å². The first-order chi connectivity index (χ1) is 14.6. The van der Waals surface area contributed by atoms with E-state index in [9.17, 15) is 9.59 Å². The van der Waals surface area contributed by atoms with Crippen molar-refractivity contribution in [3.63, 3.8) is 0 Å². The van der Waals surface area contributed by atoms with Gasteiger partial charge in [-0.15, -0.1) is 0 Å². The maximum absolute atomic E-state index is 11.1. The Kier molecular flexibility index (Phi) is 13.8. The van der Waals surface area contributed by atoms with Gasteiger partial charge in [-0.1, -0.05) is 67.9 Å². The van der Waals surface area contributed by atoms with E-state index < -0.39 is 32.2 Å². The van der Waals surface area contributed by atoms with Crippen LogP contribution in [0.3, 0.4) is 0 Å². The number of aryl methyl sites for hydroxylation is 1. The number of amides is 1. The largest absolute Gasteiger partial charge is 0.488 e. The van der Waals surface area contributed by atoms with Crippen molar-refractivity contribution in [1.82, 2.24) is 5.32 Å². The Hall–Kier alpha value is -2.69. The van der Waals surface area contributed by atoms with Gasteiger partial charge in [0.1, 0.15) is 6.04 Å². The fourth-order valence-electron chi connectivity index (χ4n) is 2.25. The molecule has 0 fully saturated rings. The molecule has 1 atom stereocenters. The molecule has 0 saturated heterocycles. The van der Waals surface area contributed by atoms with Gasteiger partial charge in [0.2, 0.25) is 5.91 Å². The summed E-state index contributed by atoms with van der Waals surface area (Å²) in [6.45, 7) is 5.67. The van der Waals surface area contributed by atoms with Crippen molar-refractivity contribution in [2.75, 3.05) is 6.54 Å². The van der Waals surface area contributed by atoms with Gasteiger partial charge in [0.25, 0.3) is 0 Å². The molecule has 0 spiro atoms. The van der Waals surface area contributed by atoms with Crippen LogP contribution < -0.4 is 22.0 Å². The first-order valence-electron chi connectivity index (χ1n) is 9.74. The summed E-state index contributed by atoms with van der Waals surface area (Å²) >= 11 is 0. The van der Waals surface area contributed by atoms with Crippen molar-refractivity contribution in [2.45, 2.75) is 33.2 Å². The number of nitrogens with one attached hydrogen (secondary N) is 1. The SMILES string of the molecule is CC.Cc1ccc(B(O)O)cc1.NCC(=O)NC(Cc1ccc(B(O)O)cc1)C(=O)O. The van der Waals surface area contributed by atoms with E-state index in [4.69, 9.17) is 30.9 Å². The molecule has 0 aliphatic rings. The molecule has 9 nitrogen and oxygen atoms in total. The molecule has 1 unspecified atom stereocenters. The minimum absolute atomic E-state index is 0.0862. The minimum atomic E-state index is -1.57. The molecule has 0 heterocycles. The van der Waals surface area contributed by atoms with E-state index in [0.29, 0.717) is 16.5 Å². The maximum Gasteiger partial charge on any atom is 0.488 e. The molecule has 2 aromatic rings. The average Bonchev–Trinajstić information content (AvgIpc) is 2.75. The van der Waals surface area contributed by atoms with Crippen molar-refractivity contribution >= 4 is 37.0 Å². The summed E-state index contributed by atoms with van der Waals surface area (Å²) in [5.74, 6) is -1.71. The van der Waals surface area contributed by atoms with Crippen molar-refractivity contribution in [2.24, 2.45) is 5.73 Å². The predicted molar refractivity (Wildman–Crippen MR) is 121 cm³/mol. The highest BCUT2D eigenvalue weighted by molar-refractivity contribution is 6.58. The summed E-state index contributed by atoms with van der Waals surface area (Å²) < 4.78 is 0. The van der Waals surface area contributed by atoms with Crippen molar-refractivity contribution < 1.29 is 34.8 Å². The lowest BCUT2D eigenvalue weighted by atomic mass is 9.80. The predicted octanol–water partition coefficient (Wildman–Crippen LogP) is -1.86. The highest BCUT2D eigenvalue weighted by atomic mass is 16.4. The highest BCUT2D eigenvalue weighted by Gasteiger charge is 2.20. The Morgan fingerprint density at radius 2 is 1.32 bits per heavy atom. The Bertz CT molecular complexity index is 785. The second-order valence-corrected chi connectivity index (χ2v) is 6.27. The number of carboxylic acid groups (broad SMARTS) is 1. The first-order valence-corrected chi connectivity index (χ1v) is 9.74. The standard InChI is InChI=1S/C11H15BN2O5.C7H9BO2.C2H6/c13-6-10(15)14-9(11(16)17)5-7-1-3-8(4-2-7)12(18)19;1-6-2-4-7(5-3-6)8(9)10;1-2/h1-4,9,18-19H,5-6,13H2,(H,14,15)(H,16,17);2-5,9-10H,1H3;1-2H3. The molecule has 8 N–H and O–H groups in total. The van der Waals surface area contributed by atoms with E-state index in [0.717, 1.165) is 5.56 Å². The lowest BCUT2D eigenvalue weighted by Crippen LogP contribution is -2.44. The Morgan fingerprint density at radius 1 is 0.903 bits per heavy atom. The van der Waals surface area contributed by atoms with Crippen molar-refractivity contribution in [1.29, 1.82) is 0 Å². The minimum Gasteiger partial charge on any atom is -0.480 e. The molecule has 2 rings (SSSR count). The number of hydrogen-bond donors (Lipinski definition) is 7. The molecule has 0 radical (unpaired) electrons. The molecule has 31 heavy (non-hydrogen) atoms. The number of nitrogens with two attached hydrogens (primary N) is 1. The van der Waals surface area contributed by atoms with Crippen LogP contribution in [-0.4, -0.2) is 63.9 Å². The van der Waals surface area contributed by atoms with Crippen LogP contribution >= 0.6 is 0 Å². The van der Waals surface area contributed by atoms with Crippen LogP contribution in [-0.2, 0) is 16.0 Å². The van der Waals surface area contributed by atoms with E-state index in [-0.39, 0.29) is 13.0 Å². The van der Waals surface area contributed by atoms with Crippen molar-refractivity contribution in [3.8, 4) is 0 Å². The van der Waals surface area contributed by atoms with E-state index in [1.165, 1.54) is 12.1 Å². The average molecular weight is 432 g/mol. The molecule has 0 aromatic heterocycles. The van der Waals surface area contributed by atoms with Gasteiger partial charge in [0.05, 0.1) is 6.54 Å². The second-order valence-electron chi connectivity index (χ2n) is 6.27. The van der Waals surface area contributed by atoms with E-state index in [1.807, 2.05) is 32.9 Å². The van der Waals surface area contributed by atoms with Gasteiger partial charge in [0.15, 0.2) is 0 Å². The fraction of sp³-hybridized carbons (Fsp3) is 0.300. The molecule has 2 aromatic carbocycles. The monoisotopic (exact) mass is 432 g/mol. The smallest absolute Gasteiger partial charge is 0.480 e. The maximum atomic E-state index is 11.1. The Morgan fingerprint density at radius 3 is 1.68 bits per heavy atom. The second kappa shape index (κ2) is 15.2. The number of carbonyl (C=O) groups excluding carboxylic acids is 1. The first kappa shape index (κ1) is 28.3. The van der Waals surface area contributed by atoms with Crippen LogP contribution in [0.1, 0.15) is 25.0 Å². The van der Waals surface area contributed by atoms with Gasteiger partial charge in [0, 0.05) is 6.42 Å². The van der Waals surface area contributed by atoms with E-state index in [2.05, 4.69) is 5.32 Å². The van der Waals surface area contributed by atoms with Crippen molar-refractivity contribution in [3.05, 3.63) is 59.7 Å². The summed E-state index contributed by atoms with van der Waals surface area (Å²) in [7, 11) is -2.91. The number of carboxylic acids is 1. The zero-order valence-electron chi connectivity index (χ0n) is 17.9. The van der Waals surface area contributed by atoms with Gasteiger partial charge in [-0.05, 0) is 23.4 Å². The molecule has 0 saturated carbocycles. The summed E-state index contributed by atoms with van der Waals surface area (Å²) in [6.07, 6.45) is 0.0862.